The fourth-order valence-electron chi connectivity index (χ4n) is 4.97. The molecule has 8 nitrogen and oxygen atoms in total. The van der Waals surface area contributed by atoms with Gasteiger partial charge in [0, 0.05) is 43.3 Å². The summed E-state index contributed by atoms with van der Waals surface area (Å²) in [5.41, 5.74) is 1.71. The van der Waals surface area contributed by atoms with Crippen molar-refractivity contribution in [3.8, 4) is 5.69 Å². The van der Waals surface area contributed by atoms with E-state index in [1.54, 1.807) is 35.4 Å². The van der Waals surface area contributed by atoms with Crippen molar-refractivity contribution < 1.29 is 17.6 Å². The molecular formula is C24H20FN5O3S. The van der Waals surface area contributed by atoms with Crippen molar-refractivity contribution in [3.05, 3.63) is 79.0 Å². The van der Waals surface area contributed by atoms with Crippen LogP contribution in [0.5, 0.6) is 0 Å². The number of benzene rings is 2. The molecule has 0 radical (unpaired) electrons. The van der Waals surface area contributed by atoms with E-state index in [-0.39, 0.29) is 35.6 Å². The van der Waals surface area contributed by atoms with Crippen molar-refractivity contribution in [1.82, 2.24) is 19.1 Å². The van der Waals surface area contributed by atoms with Crippen LogP contribution in [0.25, 0.3) is 16.6 Å². The molecule has 2 aliphatic rings. The summed E-state index contributed by atoms with van der Waals surface area (Å²) >= 11 is 0. The number of nitrogens with zero attached hydrogens (tertiary/aromatic N) is 5. The van der Waals surface area contributed by atoms with Crippen LogP contribution in [0, 0.1) is 17.7 Å². The molecule has 0 N–H and O–H groups in total. The number of fused-ring (bicyclic) bond motifs is 2. The quantitative estimate of drug-likeness (QED) is 0.451. The zero-order chi connectivity index (χ0) is 23.4. The SMILES string of the molecule is O=C1[C@@H]2CN(S(=O)(=O)c3cccnc3)C[C@@H]2CN1c1cccc2c1cnn2-c1ccccc1F. The third-order valence-corrected chi connectivity index (χ3v) is 8.46. The lowest BCUT2D eigenvalue weighted by atomic mass is 10.0. The molecule has 172 valence electrons. The molecule has 6 rings (SSSR count). The molecule has 0 spiro atoms. The third-order valence-electron chi connectivity index (χ3n) is 6.64. The van der Waals surface area contributed by atoms with Gasteiger partial charge in [0.25, 0.3) is 0 Å². The maximum Gasteiger partial charge on any atom is 0.244 e. The number of amides is 1. The molecule has 2 aliphatic heterocycles. The minimum absolute atomic E-state index is 0.111. The smallest absolute Gasteiger partial charge is 0.244 e. The highest BCUT2D eigenvalue weighted by Crippen LogP contribution is 2.39. The lowest BCUT2D eigenvalue weighted by Crippen LogP contribution is -2.35. The largest absolute Gasteiger partial charge is 0.311 e. The Morgan fingerprint density at radius 3 is 2.50 bits per heavy atom. The molecule has 0 bridgehead atoms. The molecule has 2 aromatic carbocycles. The molecule has 2 aromatic heterocycles. The Balaban J connectivity index is 1.30. The number of sulfonamides is 1. The predicted octanol–water partition coefficient (Wildman–Crippen LogP) is 2.84. The van der Waals surface area contributed by atoms with E-state index in [1.807, 2.05) is 18.2 Å². The number of hydrogen-bond acceptors (Lipinski definition) is 5. The summed E-state index contributed by atoms with van der Waals surface area (Å²) < 4.78 is 43.2. The van der Waals surface area contributed by atoms with Crippen LogP contribution in [-0.2, 0) is 14.8 Å². The number of carbonyl (C=O) groups is 1. The van der Waals surface area contributed by atoms with Crippen molar-refractivity contribution >= 4 is 32.5 Å². The van der Waals surface area contributed by atoms with Crippen LogP contribution in [-0.4, -0.2) is 53.0 Å². The minimum atomic E-state index is -3.70. The molecule has 2 atom stereocenters. The van der Waals surface area contributed by atoms with Crippen molar-refractivity contribution in [2.24, 2.45) is 11.8 Å². The number of pyridine rings is 1. The molecule has 0 unspecified atom stereocenters. The Hall–Kier alpha value is -3.63. The second kappa shape index (κ2) is 7.71. The molecule has 4 aromatic rings. The van der Waals surface area contributed by atoms with Gasteiger partial charge in [0.1, 0.15) is 16.4 Å². The van der Waals surface area contributed by atoms with Crippen molar-refractivity contribution in [3.63, 3.8) is 0 Å². The summed E-state index contributed by atoms with van der Waals surface area (Å²) in [5, 5.41) is 5.11. The number of carbonyl (C=O) groups excluding carboxylic acids is 1. The first-order valence-electron chi connectivity index (χ1n) is 10.9. The second-order valence-corrected chi connectivity index (χ2v) is 10.5. The molecule has 34 heavy (non-hydrogen) atoms. The van der Waals surface area contributed by atoms with Gasteiger partial charge in [-0.1, -0.05) is 18.2 Å². The monoisotopic (exact) mass is 477 g/mol. The first-order chi connectivity index (χ1) is 16.4. The summed E-state index contributed by atoms with van der Waals surface area (Å²) in [7, 11) is -3.70. The Kier molecular flexibility index (Phi) is 4.75. The molecule has 0 aliphatic carbocycles. The number of rotatable bonds is 4. The molecule has 0 saturated carbocycles. The van der Waals surface area contributed by atoms with Crippen LogP contribution in [0.4, 0.5) is 10.1 Å². The summed E-state index contributed by atoms with van der Waals surface area (Å²) in [5.74, 6) is -1.03. The van der Waals surface area contributed by atoms with Crippen LogP contribution >= 0.6 is 0 Å². The minimum Gasteiger partial charge on any atom is -0.311 e. The molecule has 2 fully saturated rings. The van der Waals surface area contributed by atoms with Crippen molar-refractivity contribution in [2.75, 3.05) is 24.5 Å². The maximum atomic E-state index is 14.4. The highest BCUT2D eigenvalue weighted by atomic mass is 32.2. The second-order valence-electron chi connectivity index (χ2n) is 8.54. The van der Waals surface area contributed by atoms with Gasteiger partial charge in [0.05, 0.1) is 23.3 Å². The Labute approximate surface area is 195 Å². The van der Waals surface area contributed by atoms with E-state index in [1.165, 1.54) is 33.5 Å². The number of hydrogen-bond donors (Lipinski definition) is 0. The number of halogens is 1. The first-order valence-corrected chi connectivity index (χ1v) is 12.3. The first kappa shape index (κ1) is 20.9. The highest BCUT2D eigenvalue weighted by Gasteiger charge is 2.50. The van der Waals surface area contributed by atoms with E-state index in [4.69, 9.17) is 0 Å². The van der Waals surface area contributed by atoms with Gasteiger partial charge in [-0.25, -0.2) is 17.5 Å². The normalized spacial score (nSPS) is 20.9. The van der Waals surface area contributed by atoms with Gasteiger partial charge in [-0.2, -0.15) is 9.40 Å². The number of para-hydroxylation sites is 1. The van der Waals surface area contributed by atoms with Gasteiger partial charge >= 0.3 is 0 Å². The molecule has 4 heterocycles. The number of anilines is 1. The summed E-state index contributed by atoms with van der Waals surface area (Å²) in [6.07, 6.45) is 4.48. The maximum absolute atomic E-state index is 14.4. The van der Waals surface area contributed by atoms with Gasteiger partial charge in [-0.15, -0.1) is 0 Å². The van der Waals surface area contributed by atoms with Gasteiger partial charge in [0.2, 0.25) is 15.9 Å². The highest BCUT2D eigenvalue weighted by molar-refractivity contribution is 7.89. The fourth-order valence-corrected chi connectivity index (χ4v) is 6.46. The van der Waals surface area contributed by atoms with E-state index in [2.05, 4.69) is 10.1 Å². The van der Waals surface area contributed by atoms with E-state index < -0.39 is 15.9 Å². The Bertz CT molecular complexity index is 1520. The molecule has 10 heteroatoms. The van der Waals surface area contributed by atoms with Gasteiger partial charge < -0.3 is 4.90 Å². The fraction of sp³-hybridized carbons (Fsp3) is 0.208. The predicted molar refractivity (Wildman–Crippen MR) is 123 cm³/mol. The Morgan fingerprint density at radius 2 is 1.74 bits per heavy atom. The van der Waals surface area contributed by atoms with E-state index in [0.717, 1.165) is 5.39 Å². The van der Waals surface area contributed by atoms with Gasteiger partial charge in [0.15, 0.2) is 0 Å². The van der Waals surface area contributed by atoms with E-state index in [9.17, 15) is 17.6 Å². The van der Waals surface area contributed by atoms with Crippen LogP contribution in [0.2, 0.25) is 0 Å². The van der Waals surface area contributed by atoms with E-state index in [0.29, 0.717) is 23.4 Å². The standard InChI is InChI=1S/C24H20FN5O3S/c25-20-6-1-2-7-23(20)30-22-9-3-8-21(18(22)12-27-30)29-14-16-13-28(15-19(16)24(29)31)34(32,33)17-5-4-10-26-11-17/h1-12,16,19H,13-15H2/t16-,19-/m1/s1. The van der Waals surface area contributed by atoms with E-state index >= 15 is 0 Å². The van der Waals surface area contributed by atoms with Gasteiger partial charge in [-0.05, 0) is 36.4 Å². The van der Waals surface area contributed by atoms with Crippen molar-refractivity contribution in [1.29, 1.82) is 0 Å². The zero-order valence-electron chi connectivity index (χ0n) is 18.0. The average molecular weight is 478 g/mol. The number of aromatic nitrogens is 3. The Morgan fingerprint density at radius 1 is 0.912 bits per heavy atom. The van der Waals surface area contributed by atoms with Gasteiger partial charge in [-0.3, -0.25) is 9.78 Å². The molecule has 2 saturated heterocycles. The topological polar surface area (TPSA) is 88.4 Å². The molecule has 1 amide bonds. The molecular weight excluding hydrogens is 457 g/mol. The van der Waals surface area contributed by atoms with Crippen LogP contribution < -0.4 is 4.90 Å². The van der Waals surface area contributed by atoms with Crippen LogP contribution in [0.3, 0.4) is 0 Å². The summed E-state index contributed by atoms with van der Waals surface area (Å²) in [6.45, 7) is 0.822. The average Bonchev–Trinajstić information content (AvgIpc) is 3.55. The lowest BCUT2D eigenvalue weighted by molar-refractivity contribution is -0.120. The summed E-state index contributed by atoms with van der Waals surface area (Å²) in [6, 6.07) is 15.0. The lowest BCUT2D eigenvalue weighted by Gasteiger charge is -2.22. The summed E-state index contributed by atoms with van der Waals surface area (Å²) in [4.78, 5) is 19.1. The third kappa shape index (κ3) is 3.13. The van der Waals surface area contributed by atoms with Crippen molar-refractivity contribution in [2.45, 2.75) is 4.90 Å². The zero-order valence-corrected chi connectivity index (χ0v) is 18.8. The van der Waals surface area contributed by atoms with Crippen LogP contribution in [0.1, 0.15) is 0 Å². The van der Waals surface area contributed by atoms with Crippen LogP contribution in [0.15, 0.2) is 78.1 Å².